The normalized spacial score (nSPS) is 12.3. The maximum absolute atomic E-state index is 12.3. The number of rotatable bonds is 5. The number of halogens is 4. The highest BCUT2D eigenvalue weighted by molar-refractivity contribution is 7.09. The maximum Gasteiger partial charge on any atom is 0.330 e. The van der Waals surface area contributed by atoms with Crippen LogP contribution in [0.15, 0.2) is 5.38 Å². The molecule has 0 saturated heterocycles. The lowest BCUT2D eigenvalue weighted by atomic mass is 10.4. The van der Waals surface area contributed by atoms with E-state index in [4.69, 9.17) is 5.73 Å². The molecule has 0 aliphatic carbocycles. The molecular weight excluding hydrogens is 236 g/mol. The van der Waals surface area contributed by atoms with Crippen LogP contribution in [0.25, 0.3) is 0 Å². The summed E-state index contributed by atoms with van der Waals surface area (Å²) in [5.41, 5.74) is 5.26. The van der Waals surface area contributed by atoms with E-state index in [2.05, 4.69) is 9.72 Å². The van der Waals surface area contributed by atoms with Gasteiger partial charge >= 0.3 is 12.3 Å². The van der Waals surface area contributed by atoms with Gasteiger partial charge in [0.25, 0.3) is 0 Å². The first kappa shape index (κ1) is 12.2. The standard InChI is InChI=1S/C7H8F4N2OS/c8-6(9)7(10,11)3-14-1-5-13-4(12)2-15-5/h2,6H,1,3,12H2. The third kappa shape index (κ3) is 3.63. The molecule has 15 heavy (non-hydrogen) atoms. The highest BCUT2D eigenvalue weighted by Crippen LogP contribution is 2.23. The Kier molecular flexibility index (Phi) is 3.86. The number of nitrogens with zero attached hydrogens (tertiary/aromatic N) is 1. The van der Waals surface area contributed by atoms with E-state index in [1.54, 1.807) is 0 Å². The summed E-state index contributed by atoms with van der Waals surface area (Å²) >= 11 is 1.12. The topological polar surface area (TPSA) is 48.1 Å². The fraction of sp³-hybridized carbons (Fsp3) is 0.571. The van der Waals surface area contributed by atoms with E-state index in [1.807, 2.05) is 0 Å². The van der Waals surface area contributed by atoms with Crippen LogP contribution >= 0.6 is 11.3 Å². The van der Waals surface area contributed by atoms with Crippen molar-refractivity contribution in [3.63, 3.8) is 0 Å². The van der Waals surface area contributed by atoms with Crippen LogP contribution in [0.2, 0.25) is 0 Å². The Morgan fingerprint density at radius 2 is 2.20 bits per heavy atom. The van der Waals surface area contributed by atoms with Crippen LogP contribution in [-0.4, -0.2) is 23.9 Å². The van der Waals surface area contributed by atoms with Crippen LogP contribution in [0.5, 0.6) is 0 Å². The molecule has 3 nitrogen and oxygen atoms in total. The molecule has 0 aliphatic heterocycles. The van der Waals surface area contributed by atoms with Crippen molar-refractivity contribution >= 4 is 17.2 Å². The molecule has 0 saturated carbocycles. The predicted octanol–water partition coefficient (Wildman–Crippen LogP) is 2.14. The van der Waals surface area contributed by atoms with Gasteiger partial charge in [-0.25, -0.2) is 13.8 Å². The fourth-order valence-electron chi connectivity index (χ4n) is 0.729. The third-order valence-electron chi connectivity index (χ3n) is 1.41. The first-order valence-electron chi connectivity index (χ1n) is 3.85. The van der Waals surface area contributed by atoms with E-state index < -0.39 is 19.0 Å². The molecular formula is C7H8F4N2OS. The van der Waals surface area contributed by atoms with Gasteiger partial charge in [-0.2, -0.15) is 8.78 Å². The second-order valence-electron chi connectivity index (χ2n) is 2.72. The third-order valence-corrected chi connectivity index (χ3v) is 2.25. The van der Waals surface area contributed by atoms with Crippen LogP contribution in [0.1, 0.15) is 5.01 Å². The van der Waals surface area contributed by atoms with Crippen molar-refractivity contribution in [3.05, 3.63) is 10.4 Å². The Morgan fingerprint density at radius 3 is 2.67 bits per heavy atom. The smallest absolute Gasteiger partial charge is 0.330 e. The summed E-state index contributed by atoms with van der Waals surface area (Å²) in [5.74, 6) is -3.87. The summed E-state index contributed by atoms with van der Waals surface area (Å²) in [6.07, 6.45) is -3.72. The molecule has 0 aliphatic rings. The van der Waals surface area contributed by atoms with Crippen molar-refractivity contribution in [1.29, 1.82) is 0 Å². The average molecular weight is 244 g/mol. The quantitative estimate of drug-likeness (QED) is 0.807. The van der Waals surface area contributed by atoms with Crippen molar-refractivity contribution in [1.82, 2.24) is 4.98 Å². The van der Waals surface area contributed by atoms with Gasteiger partial charge in [-0.05, 0) is 0 Å². The van der Waals surface area contributed by atoms with Gasteiger partial charge in [-0.3, -0.25) is 0 Å². The zero-order valence-electron chi connectivity index (χ0n) is 7.42. The van der Waals surface area contributed by atoms with Gasteiger partial charge in [0.15, 0.2) is 0 Å². The minimum Gasteiger partial charge on any atom is -0.383 e. The zero-order chi connectivity index (χ0) is 11.5. The van der Waals surface area contributed by atoms with Crippen LogP contribution in [-0.2, 0) is 11.3 Å². The van der Waals surface area contributed by atoms with Gasteiger partial charge in [0, 0.05) is 5.38 Å². The minimum atomic E-state index is -4.12. The molecule has 0 aromatic carbocycles. The first-order valence-corrected chi connectivity index (χ1v) is 4.73. The molecule has 86 valence electrons. The number of anilines is 1. The van der Waals surface area contributed by atoms with E-state index in [0.29, 0.717) is 5.01 Å². The van der Waals surface area contributed by atoms with Crippen LogP contribution < -0.4 is 5.73 Å². The van der Waals surface area contributed by atoms with Crippen LogP contribution in [0.4, 0.5) is 23.4 Å². The number of thiazole rings is 1. The van der Waals surface area contributed by atoms with Gasteiger partial charge in [-0.15, -0.1) is 11.3 Å². The molecule has 8 heteroatoms. The second kappa shape index (κ2) is 4.75. The largest absolute Gasteiger partial charge is 0.383 e. The number of aromatic nitrogens is 1. The summed E-state index contributed by atoms with van der Waals surface area (Å²) in [6.45, 7) is -1.58. The second-order valence-corrected chi connectivity index (χ2v) is 3.66. The summed E-state index contributed by atoms with van der Waals surface area (Å²) in [5, 5.41) is 1.88. The maximum atomic E-state index is 12.3. The molecule has 0 radical (unpaired) electrons. The zero-order valence-corrected chi connectivity index (χ0v) is 8.24. The van der Waals surface area contributed by atoms with Gasteiger partial charge in [0.1, 0.15) is 17.4 Å². The molecule has 0 bridgehead atoms. The number of hydrogen-bond donors (Lipinski definition) is 1. The minimum absolute atomic E-state index is 0.246. The molecule has 1 rings (SSSR count). The van der Waals surface area contributed by atoms with Crippen molar-refractivity contribution in [2.75, 3.05) is 12.3 Å². The van der Waals surface area contributed by atoms with Crippen molar-refractivity contribution in [3.8, 4) is 0 Å². The molecule has 0 atom stereocenters. The van der Waals surface area contributed by atoms with E-state index in [-0.39, 0.29) is 12.4 Å². The summed E-state index contributed by atoms with van der Waals surface area (Å²) in [4.78, 5) is 3.71. The number of hydrogen-bond acceptors (Lipinski definition) is 4. The van der Waals surface area contributed by atoms with Crippen molar-refractivity contribution in [2.24, 2.45) is 0 Å². The van der Waals surface area contributed by atoms with Crippen LogP contribution in [0, 0.1) is 0 Å². The molecule has 0 fully saturated rings. The molecule has 1 aromatic heterocycles. The monoisotopic (exact) mass is 244 g/mol. The Labute approximate surface area is 86.9 Å². The van der Waals surface area contributed by atoms with E-state index in [0.717, 1.165) is 11.3 Å². The molecule has 0 amide bonds. The Morgan fingerprint density at radius 1 is 1.53 bits per heavy atom. The van der Waals surface area contributed by atoms with E-state index in [1.165, 1.54) is 5.38 Å². The molecule has 2 N–H and O–H groups in total. The predicted molar refractivity (Wildman–Crippen MR) is 47.1 cm³/mol. The molecule has 1 aromatic rings. The lowest BCUT2D eigenvalue weighted by Crippen LogP contribution is -2.32. The number of nitrogens with two attached hydrogens (primary N) is 1. The lowest BCUT2D eigenvalue weighted by molar-refractivity contribution is -0.168. The van der Waals surface area contributed by atoms with Crippen molar-refractivity contribution < 1.29 is 22.3 Å². The average Bonchev–Trinajstić information content (AvgIpc) is 2.51. The summed E-state index contributed by atoms with van der Waals surface area (Å²) < 4.78 is 52.5. The summed E-state index contributed by atoms with van der Waals surface area (Å²) in [6, 6.07) is 0. The first-order chi connectivity index (χ1) is 6.92. The van der Waals surface area contributed by atoms with E-state index in [9.17, 15) is 17.6 Å². The van der Waals surface area contributed by atoms with Crippen LogP contribution in [0.3, 0.4) is 0 Å². The molecule has 0 unspecified atom stereocenters. The SMILES string of the molecule is Nc1csc(COCC(F)(F)C(F)F)n1. The van der Waals surface area contributed by atoms with Gasteiger partial charge < -0.3 is 10.5 Å². The highest BCUT2D eigenvalue weighted by atomic mass is 32.1. The van der Waals surface area contributed by atoms with Crippen molar-refractivity contribution in [2.45, 2.75) is 19.0 Å². The highest BCUT2D eigenvalue weighted by Gasteiger charge is 2.40. The Balaban J connectivity index is 2.33. The molecule has 0 spiro atoms. The van der Waals surface area contributed by atoms with E-state index >= 15 is 0 Å². The number of ether oxygens (including phenoxy) is 1. The summed E-state index contributed by atoms with van der Waals surface area (Å²) in [7, 11) is 0. The Bertz CT molecular complexity index is 318. The van der Waals surface area contributed by atoms with Gasteiger partial charge in [0.2, 0.25) is 0 Å². The van der Waals surface area contributed by atoms with Gasteiger partial charge in [0.05, 0.1) is 6.61 Å². The van der Waals surface area contributed by atoms with Gasteiger partial charge in [-0.1, -0.05) is 0 Å². The number of alkyl halides is 4. The number of nitrogen functional groups attached to an aromatic ring is 1. The lowest BCUT2D eigenvalue weighted by Gasteiger charge is -2.14. The fourth-order valence-corrected chi connectivity index (χ4v) is 1.35. The molecule has 1 heterocycles. The Hall–Kier alpha value is -0.890.